The Morgan fingerprint density at radius 3 is 2.73 bits per heavy atom. The van der Waals surface area contributed by atoms with Crippen LogP contribution in [0.4, 0.5) is 27.1 Å². The average molecular weight is 527 g/mol. The van der Waals surface area contributed by atoms with E-state index in [1.807, 2.05) is 0 Å². The standard InChI is InChI=1S/C25H27FN6O4S/c1-3-36-23(35)20-14(2)27-25(37-20)30-24-28-21(31-9-7-17(33)8-10-31)18-12-19(34)32(22(18)29-24)13-15-5-4-6-16(26)11-15/h4-6,11,17,33H,3,7-10,12-13H2,1-2H3,(H,27,28,29,30). The first-order valence-electron chi connectivity index (χ1n) is 12.1. The molecule has 1 saturated heterocycles. The number of halogens is 1. The summed E-state index contributed by atoms with van der Waals surface area (Å²) < 4.78 is 18.9. The Hall–Kier alpha value is -3.64. The second-order valence-corrected chi connectivity index (χ2v) is 9.96. The van der Waals surface area contributed by atoms with E-state index in [0.717, 1.165) is 11.3 Å². The average Bonchev–Trinajstić information content (AvgIpc) is 3.38. The molecular formula is C25H27FN6O4S. The highest BCUT2D eigenvalue weighted by Gasteiger charge is 2.35. The lowest BCUT2D eigenvalue weighted by molar-refractivity contribution is -0.117. The van der Waals surface area contributed by atoms with Crippen LogP contribution in [0.5, 0.6) is 0 Å². The van der Waals surface area contributed by atoms with Crippen molar-refractivity contribution in [1.82, 2.24) is 15.0 Å². The van der Waals surface area contributed by atoms with Gasteiger partial charge in [-0.25, -0.2) is 14.2 Å². The van der Waals surface area contributed by atoms with E-state index in [0.29, 0.717) is 64.4 Å². The van der Waals surface area contributed by atoms with E-state index in [2.05, 4.69) is 20.2 Å². The largest absolute Gasteiger partial charge is 0.462 e. The Bertz CT molecular complexity index is 1340. The number of anilines is 4. The number of nitrogens with zero attached hydrogens (tertiary/aromatic N) is 5. The van der Waals surface area contributed by atoms with E-state index >= 15 is 0 Å². The molecule has 0 saturated carbocycles. The number of hydrogen-bond donors (Lipinski definition) is 2. The normalized spacial score (nSPS) is 15.7. The van der Waals surface area contributed by atoms with Gasteiger partial charge in [-0.15, -0.1) is 0 Å². The highest BCUT2D eigenvalue weighted by molar-refractivity contribution is 7.17. The monoisotopic (exact) mass is 526 g/mol. The number of carbonyl (C=O) groups is 2. The molecule has 10 nitrogen and oxygen atoms in total. The van der Waals surface area contributed by atoms with Gasteiger partial charge >= 0.3 is 5.97 Å². The summed E-state index contributed by atoms with van der Waals surface area (Å²) in [6, 6.07) is 6.12. The molecule has 2 aliphatic rings. The molecule has 2 aromatic heterocycles. The Morgan fingerprint density at radius 2 is 2.00 bits per heavy atom. The molecule has 12 heteroatoms. The van der Waals surface area contributed by atoms with E-state index in [4.69, 9.17) is 9.72 Å². The summed E-state index contributed by atoms with van der Waals surface area (Å²) >= 11 is 1.14. The van der Waals surface area contributed by atoms with Crippen LogP contribution in [0.2, 0.25) is 0 Å². The molecule has 1 amide bonds. The van der Waals surface area contributed by atoms with Crippen molar-refractivity contribution in [1.29, 1.82) is 0 Å². The van der Waals surface area contributed by atoms with Crippen molar-refractivity contribution in [3.63, 3.8) is 0 Å². The van der Waals surface area contributed by atoms with E-state index in [9.17, 15) is 19.1 Å². The molecule has 0 bridgehead atoms. The van der Waals surface area contributed by atoms with Crippen LogP contribution < -0.4 is 15.1 Å². The molecule has 0 radical (unpaired) electrons. The fraction of sp³-hybridized carbons (Fsp3) is 0.400. The number of ether oxygens (including phenoxy) is 1. The van der Waals surface area contributed by atoms with Crippen LogP contribution in [0.1, 0.15) is 46.3 Å². The summed E-state index contributed by atoms with van der Waals surface area (Å²) in [7, 11) is 0. The molecule has 5 rings (SSSR count). The van der Waals surface area contributed by atoms with Gasteiger partial charge in [-0.05, 0) is 44.4 Å². The number of aliphatic hydroxyl groups is 1. The maximum atomic E-state index is 13.8. The van der Waals surface area contributed by atoms with Crippen molar-refractivity contribution in [3.05, 3.63) is 51.8 Å². The summed E-state index contributed by atoms with van der Waals surface area (Å²) in [5.41, 5.74) is 1.87. The molecule has 3 aromatic rings. The number of thiazole rings is 1. The Morgan fingerprint density at radius 1 is 1.24 bits per heavy atom. The summed E-state index contributed by atoms with van der Waals surface area (Å²) in [4.78, 5) is 43.1. The minimum Gasteiger partial charge on any atom is -0.462 e. The fourth-order valence-corrected chi connectivity index (χ4v) is 5.37. The van der Waals surface area contributed by atoms with Crippen LogP contribution in [0.15, 0.2) is 24.3 Å². The van der Waals surface area contributed by atoms with Crippen LogP contribution >= 0.6 is 11.3 Å². The highest BCUT2D eigenvalue weighted by atomic mass is 32.1. The maximum Gasteiger partial charge on any atom is 0.350 e. The molecule has 1 aromatic carbocycles. The fourth-order valence-electron chi connectivity index (χ4n) is 4.51. The molecule has 0 aliphatic carbocycles. The Kier molecular flexibility index (Phi) is 7.02. The van der Waals surface area contributed by atoms with Crippen LogP contribution in [0.3, 0.4) is 0 Å². The summed E-state index contributed by atoms with van der Waals surface area (Å²) in [6.45, 7) is 5.07. The zero-order valence-electron chi connectivity index (χ0n) is 20.5. The highest BCUT2D eigenvalue weighted by Crippen LogP contribution is 2.37. The number of aliphatic hydroxyl groups excluding tert-OH is 1. The lowest BCUT2D eigenvalue weighted by Crippen LogP contribution is -2.37. The summed E-state index contributed by atoms with van der Waals surface area (Å²) in [5, 5.41) is 13.5. The number of nitrogens with one attached hydrogen (secondary N) is 1. The molecule has 4 heterocycles. The van der Waals surface area contributed by atoms with Gasteiger partial charge < -0.3 is 14.7 Å². The smallest absolute Gasteiger partial charge is 0.350 e. The third-order valence-electron chi connectivity index (χ3n) is 6.32. The summed E-state index contributed by atoms with van der Waals surface area (Å²) in [5.74, 6) is 0.320. The van der Waals surface area contributed by atoms with Crippen LogP contribution in [0.25, 0.3) is 0 Å². The van der Waals surface area contributed by atoms with Gasteiger partial charge in [0.1, 0.15) is 22.3 Å². The molecule has 37 heavy (non-hydrogen) atoms. The summed E-state index contributed by atoms with van der Waals surface area (Å²) in [6.07, 6.45) is 0.950. The predicted molar refractivity (Wildman–Crippen MR) is 137 cm³/mol. The number of hydrogen-bond acceptors (Lipinski definition) is 10. The van der Waals surface area contributed by atoms with Gasteiger partial charge in [0, 0.05) is 18.7 Å². The zero-order valence-corrected chi connectivity index (χ0v) is 21.3. The first-order chi connectivity index (χ1) is 17.8. The molecule has 194 valence electrons. The van der Waals surface area contributed by atoms with E-state index in [1.165, 1.54) is 17.0 Å². The van der Waals surface area contributed by atoms with Gasteiger partial charge in [0.25, 0.3) is 0 Å². The predicted octanol–water partition coefficient (Wildman–Crippen LogP) is 3.35. The van der Waals surface area contributed by atoms with Crippen molar-refractivity contribution in [3.8, 4) is 0 Å². The third kappa shape index (κ3) is 5.25. The van der Waals surface area contributed by atoms with Gasteiger partial charge in [0.05, 0.1) is 31.4 Å². The number of esters is 1. The number of fused-ring (bicyclic) bond motifs is 1. The van der Waals surface area contributed by atoms with Crippen molar-refractivity contribution in [2.45, 2.75) is 45.8 Å². The first-order valence-corrected chi connectivity index (χ1v) is 12.9. The molecule has 1 fully saturated rings. The number of aryl methyl sites for hydroxylation is 1. The van der Waals surface area contributed by atoms with Crippen LogP contribution in [-0.2, 0) is 22.5 Å². The topological polar surface area (TPSA) is 121 Å². The van der Waals surface area contributed by atoms with Gasteiger partial charge in [0.2, 0.25) is 11.9 Å². The van der Waals surface area contributed by atoms with Gasteiger partial charge in [-0.2, -0.15) is 9.97 Å². The molecular weight excluding hydrogens is 499 g/mol. The lowest BCUT2D eigenvalue weighted by atomic mass is 10.1. The minimum atomic E-state index is -0.445. The quantitative estimate of drug-likeness (QED) is 0.447. The van der Waals surface area contributed by atoms with E-state index in [-0.39, 0.29) is 43.3 Å². The van der Waals surface area contributed by atoms with Crippen molar-refractivity contribution in [2.24, 2.45) is 0 Å². The molecule has 2 aliphatic heterocycles. The number of aromatic nitrogens is 3. The number of benzene rings is 1. The zero-order chi connectivity index (χ0) is 26.1. The van der Waals surface area contributed by atoms with Crippen molar-refractivity contribution >= 4 is 45.9 Å². The van der Waals surface area contributed by atoms with E-state index < -0.39 is 5.97 Å². The Balaban J connectivity index is 1.51. The third-order valence-corrected chi connectivity index (χ3v) is 7.37. The van der Waals surface area contributed by atoms with Crippen molar-refractivity contribution < 1.29 is 23.8 Å². The second kappa shape index (κ2) is 10.4. The SMILES string of the molecule is CCOC(=O)c1sc(Nc2nc(N3CCC(O)CC3)c3c(n2)N(Cc2cccc(F)c2)C(=O)C3)nc1C. The maximum absolute atomic E-state index is 13.8. The van der Waals surface area contributed by atoms with Gasteiger partial charge in [-0.3, -0.25) is 15.0 Å². The molecule has 0 unspecified atom stereocenters. The first kappa shape index (κ1) is 25.0. The van der Waals surface area contributed by atoms with Crippen LogP contribution in [0, 0.1) is 12.7 Å². The molecule has 0 atom stereocenters. The lowest BCUT2D eigenvalue weighted by Gasteiger charge is -2.31. The molecule has 2 N–H and O–H groups in total. The van der Waals surface area contributed by atoms with Gasteiger partial charge in [0.15, 0.2) is 5.13 Å². The molecule has 0 spiro atoms. The number of piperidine rings is 1. The van der Waals surface area contributed by atoms with Gasteiger partial charge in [-0.1, -0.05) is 23.5 Å². The number of amides is 1. The van der Waals surface area contributed by atoms with Crippen LogP contribution in [-0.4, -0.2) is 57.7 Å². The second-order valence-electron chi connectivity index (χ2n) is 8.96. The number of carbonyl (C=O) groups excluding carboxylic acids is 2. The minimum absolute atomic E-state index is 0.128. The Labute approximate surface area is 217 Å². The number of rotatable bonds is 7. The van der Waals surface area contributed by atoms with Crippen molar-refractivity contribution in [2.75, 3.05) is 34.8 Å². The van der Waals surface area contributed by atoms with E-state index in [1.54, 1.807) is 26.0 Å².